The SMILES string of the molecule is O=C(O)C(F)(F)F.O=C(O)CCNCCc1cccc(OCc2cccc(Oc3ccccc3)c2)c1. The van der Waals surface area contributed by atoms with Crippen LogP contribution in [0.3, 0.4) is 0 Å². The van der Waals surface area contributed by atoms with Gasteiger partial charge in [0.2, 0.25) is 0 Å². The van der Waals surface area contributed by atoms with Crippen LogP contribution in [0.1, 0.15) is 17.5 Å². The number of rotatable bonds is 11. The van der Waals surface area contributed by atoms with Crippen molar-refractivity contribution in [3.63, 3.8) is 0 Å². The molecule has 0 unspecified atom stereocenters. The largest absolute Gasteiger partial charge is 0.490 e. The summed E-state index contributed by atoms with van der Waals surface area (Å²) >= 11 is 0. The first-order chi connectivity index (χ1) is 17.1. The number of hydrogen-bond donors (Lipinski definition) is 3. The average Bonchev–Trinajstić information content (AvgIpc) is 2.83. The van der Waals surface area contributed by atoms with E-state index in [0.717, 1.165) is 41.3 Å². The molecule has 0 spiro atoms. The molecule has 0 bridgehead atoms. The van der Waals surface area contributed by atoms with Gasteiger partial charge < -0.3 is 25.0 Å². The Labute approximate surface area is 206 Å². The van der Waals surface area contributed by atoms with Crippen molar-refractivity contribution in [2.75, 3.05) is 13.1 Å². The van der Waals surface area contributed by atoms with Gasteiger partial charge in [0.15, 0.2) is 0 Å². The van der Waals surface area contributed by atoms with Gasteiger partial charge in [-0.2, -0.15) is 13.2 Å². The maximum absolute atomic E-state index is 10.6. The third-order valence-corrected chi connectivity index (χ3v) is 4.53. The predicted octanol–water partition coefficient (Wildman–Crippen LogP) is 5.30. The van der Waals surface area contributed by atoms with E-state index >= 15 is 0 Å². The summed E-state index contributed by atoms with van der Waals surface area (Å²) in [5.41, 5.74) is 2.17. The second kappa shape index (κ2) is 14.4. The number of alkyl halides is 3. The molecule has 0 radical (unpaired) electrons. The highest BCUT2D eigenvalue weighted by molar-refractivity contribution is 5.73. The molecule has 0 atom stereocenters. The molecule has 0 heterocycles. The van der Waals surface area contributed by atoms with Gasteiger partial charge in [0.05, 0.1) is 6.42 Å². The summed E-state index contributed by atoms with van der Waals surface area (Å²) in [6, 6.07) is 25.5. The molecule has 10 heteroatoms. The summed E-state index contributed by atoms with van der Waals surface area (Å²) in [4.78, 5) is 19.4. The van der Waals surface area contributed by atoms with Crippen molar-refractivity contribution in [3.8, 4) is 17.2 Å². The maximum Gasteiger partial charge on any atom is 0.490 e. The van der Waals surface area contributed by atoms with Crippen LogP contribution < -0.4 is 14.8 Å². The van der Waals surface area contributed by atoms with Gasteiger partial charge in [0.1, 0.15) is 23.9 Å². The van der Waals surface area contributed by atoms with Gasteiger partial charge >= 0.3 is 18.1 Å². The number of halogens is 3. The van der Waals surface area contributed by atoms with E-state index in [-0.39, 0.29) is 6.42 Å². The van der Waals surface area contributed by atoms with E-state index in [9.17, 15) is 18.0 Å². The minimum absolute atomic E-state index is 0.135. The standard InChI is InChI=1S/C24H25NO4.C2HF3O2/c26-24(27)13-15-25-14-12-19-6-4-10-22(16-19)28-18-20-7-5-11-23(17-20)29-21-8-2-1-3-9-21;3-2(4,5)1(6)7/h1-11,16-17,25H,12-15,18H2,(H,26,27);(H,6,7). The van der Waals surface area contributed by atoms with E-state index in [1.165, 1.54) is 0 Å². The zero-order valence-corrected chi connectivity index (χ0v) is 19.2. The van der Waals surface area contributed by atoms with Crippen molar-refractivity contribution in [1.29, 1.82) is 0 Å². The van der Waals surface area contributed by atoms with E-state index in [0.29, 0.717) is 13.2 Å². The van der Waals surface area contributed by atoms with Crippen LogP contribution in [0.4, 0.5) is 13.2 Å². The van der Waals surface area contributed by atoms with E-state index in [4.69, 9.17) is 24.5 Å². The molecule has 7 nitrogen and oxygen atoms in total. The molecule has 0 saturated carbocycles. The lowest BCUT2D eigenvalue weighted by atomic mass is 10.1. The predicted molar refractivity (Wildman–Crippen MR) is 126 cm³/mol. The van der Waals surface area contributed by atoms with Gasteiger partial charge in [-0.05, 0) is 60.5 Å². The first-order valence-corrected chi connectivity index (χ1v) is 10.9. The molecular formula is C26H26F3NO6. The molecule has 0 aliphatic carbocycles. The third-order valence-electron chi connectivity index (χ3n) is 4.53. The van der Waals surface area contributed by atoms with Crippen LogP contribution in [0.15, 0.2) is 78.9 Å². The van der Waals surface area contributed by atoms with Crippen LogP contribution in [0, 0.1) is 0 Å². The van der Waals surface area contributed by atoms with Crippen molar-refractivity contribution in [3.05, 3.63) is 90.0 Å². The summed E-state index contributed by atoms with van der Waals surface area (Å²) in [6.45, 7) is 1.66. The highest BCUT2D eigenvalue weighted by Gasteiger charge is 2.38. The molecular weight excluding hydrogens is 479 g/mol. The molecule has 192 valence electrons. The van der Waals surface area contributed by atoms with Gasteiger partial charge in [-0.3, -0.25) is 4.79 Å². The summed E-state index contributed by atoms with van der Waals surface area (Å²) in [7, 11) is 0. The number of carboxylic acid groups (broad SMARTS) is 2. The van der Waals surface area contributed by atoms with E-state index < -0.39 is 18.1 Å². The average molecular weight is 505 g/mol. The second-order valence-electron chi connectivity index (χ2n) is 7.45. The maximum atomic E-state index is 10.6. The Morgan fingerprint density at radius 2 is 1.36 bits per heavy atom. The number of carbonyl (C=O) groups is 2. The van der Waals surface area contributed by atoms with Gasteiger partial charge in [-0.15, -0.1) is 0 Å². The number of para-hydroxylation sites is 1. The fourth-order valence-electron chi connectivity index (χ4n) is 2.83. The van der Waals surface area contributed by atoms with Crippen LogP contribution in [-0.4, -0.2) is 41.4 Å². The molecule has 0 fully saturated rings. The lowest BCUT2D eigenvalue weighted by Gasteiger charge is -2.10. The van der Waals surface area contributed by atoms with Crippen LogP contribution in [0.25, 0.3) is 0 Å². The van der Waals surface area contributed by atoms with Gasteiger partial charge in [0.25, 0.3) is 0 Å². The smallest absolute Gasteiger partial charge is 0.489 e. The monoisotopic (exact) mass is 505 g/mol. The van der Waals surface area contributed by atoms with Gasteiger partial charge in [0, 0.05) is 6.54 Å². The van der Waals surface area contributed by atoms with Crippen molar-refractivity contribution in [2.45, 2.75) is 25.6 Å². The number of aliphatic carboxylic acids is 2. The van der Waals surface area contributed by atoms with E-state index in [1.807, 2.05) is 78.9 Å². The quantitative estimate of drug-likeness (QED) is 0.304. The molecule has 3 rings (SSSR count). The Hall–Kier alpha value is -4.05. The molecule has 0 saturated heterocycles. The van der Waals surface area contributed by atoms with Crippen LogP contribution in [0.5, 0.6) is 17.2 Å². The minimum atomic E-state index is -5.08. The summed E-state index contributed by atoms with van der Waals surface area (Å²) in [5, 5.41) is 18.9. The first kappa shape index (κ1) is 28.2. The number of carboxylic acids is 2. The lowest BCUT2D eigenvalue weighted by Crippen LogP contribution is -2.21. The van der Waals surface area contributed by atoms with Crippen molar-refractivity contribution in [2.24, 2.45) is 0 Å². The second-order valence-corrected chi connectivity index (χ2v) is 7.45. The fraction of sp³-hybridized carbons (Fsp3) is 0.231. The molecule has 36 heavy (non-hydrogen) atoms. The topological polar surface area (TPSA) is 105 Å². The van der Waals surface area contributed by atoms with Crippen LogP contribution in [0.2, 0.25) is 0 Å². The van der Waals surface area contributed by atoms with E-state index in [1.54, 1.807) is 0 Å². The molecule has 0 aliphatic rings. The number of benzene rings is 3. The summed E-state index contributed by atoms with van der Waals surface area (Å²) in [6.07, 6.45) is -4.13. The Balaban J connectivity index is 0.000000572. The number of ether oxygens (including phenoxy) is 2. The van der Waals surface area contributed by atoms with Gasteiger partial charge in [-0.1, -0.05) is 42.5 Å². The van der Waals surface area contributed by atoms with Crippen molar-refractivity contribution in [1.82, 2.24) is 5.32 Å². The number of nitrogens with one attached hydrogen (secondary N) is 1. The summed E-state index contributed by atoms with van der Waals surface area (Å²) < 4.78 is 43.5. The fourth-order valence-corrected chi connectivity index (χ4v) is 2.83. The zero-order chi connectivity index (χ0) is 26.4. The number of hydrogen-bond acceptors (Lipinski definition) is 5. The molecule has 3 N–H and O–H groups in total. The van der Waals surface area contributed by atoms with Crippen LogP contribution in [-0.2, 0) is 22.6 Å². The third kappa shape index (κ3) is 11.4. The van der Waals surface area contributed by atoms with Crippen molar-refractivity contribution < 1.29 is 42.4 Å². The van der Waals surface area contributed by atoms with Crippen molar-refractivity contribution >= 4 is 11.9 Å². The molecule has 3 aromatic rings. The normalized spacial score (nSPS) is 10.6. The molecule has 3 aromatic carbocycles. The Morgan fingerprint density at radius 1 is 0.778 bits per heavy atom. The van der Waals surface area contributed by atoms with Crippen LogP contribution >= 0.6 is 0 Å². The lowest BCUT2D eigenvalue weighted by molar-refractivity contribution is -0.192. The zero-order valence-electron chi connectivity index (χ0n) is 19.2. The Kier molecular flexibility index (Phi) is 11.3. The Morgan fingerprint density at radius 3 is 2.00 bits per heavy atom. The summed E-state index contributed by atoms with van der Waals surface area (Å²) in [5.74, 6) is -1.16. The Bertz CT molecular complexity index is 1110. The molecule has 0 amide bonds. The minimum Gasteiger partial charge on any atom is -0.489 e. The first-order valence-electron chi connectivity index (χ1n) is 10.9. The molecule has 0 aromatic heterocycles. The molecule has 0 aliphatic heterocycles. The highest BCUT2D eigenvalue weighted by Crippen LogP contribution is 2.23. The highest BCUT2D eigenvalue weighted by atomic mass is 19.4. The van der Waals surface area contributed by atoms with E-state index in [2.05, 4.69) is 5.32 Å². The van der Waals surface area contributed by atoms with Gasteiger partial charge in [-0.25, -0.2) is 4.79 Å².